The van der Waals surface area contributed by atoms with Crippen molar-refractivity contribution in [2.45, 2.75) is 31.3 Å². The maximum atomic E-state index is 12.1. The first-order valence-electron chi connectivity index (χ1n) is 6.28. The van der Waals surface area contributed by atoms with E-state index in [-0.39, 0.29) is 17.9 Å². The average molecular weight is 247 g/mol. The summed E-state index contributed by atoms with van der Waals surface area (Å²) in [5.74, 6) is 0.175. The monoisotopic (exact) mass is 247 g/mol. The van der Waals surface area contributed by atoms with Gasteiger partial charge in [0.15, 0.2) is 0 Å². The van der Waals surface area contributed by atoms with Crippen LogP contribution in [0.3, 0.4) is 0 Å². The van der Waals surface area contributed by atoms with Crippen LogP contribution in [0.4, 0.5) is 0 Å². The highest BCUT2D eigenvalue weighted by atomic mass is 16.2. The normalized spacial score (nSPS) is 24.3. The molecule has 4 heteroatoms. The molecule has 4 N–H and O–H groups in total. The van der Waals surface area contributed by atoms with Gasteiger partial charge in [-0.25, -0.2) is 0 Å². The van der Waals surface area contributed by atoms with E-state index in [4.69, 9.17) is 11.5 Å². The van der Waals surface area contributed by atoms with E-state index in [9.17, 15) is 4.79 Å². The number of rotatable bonds is 2. The van der Waals surface area contributed by atoms with E-state index in [1.807, 2.05) is 18.2 Å². The summed E-state index contributed by atoms with van der Waals surface area (Å²) in [6, 6.07) is 10.1. The van der Waals surface area contributed by atoms with E-state index in [1.54, 1.807) is 18.7 Å². The third-order valence-electron chi connectivity index (χ3n) is 3.43. The Hall–Kier alpha value is -1.39. The van der Waals surface area contributed by atoms with Crippen LogP contribution in [-0.4, -0.2) is 35.5 Å². The zero-order valence-electron chi connectivity index (χ0n) is 11.0. The van der Waals surface area contributed by atoms with Gasteiger partial charge in [-0.1, -0.05) is 30.3 Å². The molecular formula is C14H21N3O. The second kappa shape index (κ2) is 4.71. The average Bonchev–Trinajstić information content (AvgIpc) is 2.70. The molecule has 0 aromatic heterocycles. The highest BCUT2D eigenvalue weighted by Crippen LogP contribution is 2.27. The Morgan fingerprint density at radius 3 is 2.44 bits per heavy atom. The van der Waals surface area contributed by atoms with Crippen molar-refractivity contribution in [1.82, 2.24) is 4.90 Å². The predicted octanol–water partition coefficient (Wildman–Crippen LogP) is 0.677. The second-order valence-corrected chi connectivity index (χ2v) is 5.61. The van der Waals surface area contributed by atoms with E-state index >= 15 is 0 Å². The van der Waals surface area contributed by atoms with Crippen LogP contribution >= 0.6 is 0 Å². The van der Waals surface area contributed by atoms with Crippen molar-refractivity contribution in [3.63, 3.8) is 0 Å². The molecule has 0 spiro atoms. The van der Waals surface area contributed by atoms with Crippen LogP contribution in [0.1, 0.15) is 25.3 Å². The second-order valence-electron chi connectivity index (χ2n) is 5.61. The van der Waals surface area contributed by atoms with Crippen LogP contribution in [0, 0.1) is 0 Å². The Labute approximate surface area is 108 Å². The molecule has 1 aliphatic rings. The fourth-order valence-electron chi connectivity index (χ4n) is 2.46. The van der Waals surface area contributed by atoms with Gasteiger partial charge in [-0.15, -0.1) is 0 Å². The van der Waals surface area contributed by atoms with Gasteiger partial charge in [0.2, 0.25) is 5.91 Å². The summed E-state index contributed by atoms with van der Waals surface area (Å²) in [4.78, 5) is 13.9. The number of nitrogens with zero attached hydrogens (tertiary/aromatic N) is 1. The molecular weight excluding hydrogens is 226 g/mol. The van der Waals surface area contributed by atoms with Gasteiger partial charge in [-0.05, 0) is 19.4 Å². The van der Waals surface area contributed by atoms with Crippen molar-refractivity contribution in [3.8, 4) is 0 Å². The van der Waals surface area contributed by atoms with Crippen molar-refractivity contribution in [3.05, 3.63) is 35.9 Å². The molecule has 0 radical (unpaired) electrons. The van der Waals surface area contributed by atoms with E-state index in [1.165, 1.54) is 5.56 Å². The predicted molar refractivity (Wildman–Crippen MR) is 72.0 cm³/mol. The maximum absolute atomic E-state index is 12.1. The summed E-state index contributed by atoms with van der Waals surface area (Å²) >= 11 is 0. The Kier molecular flexibility index (Phi) is 3.41. The van der Waals surface area contributed by atoms with Crippen LogP contribution in [-0.2, 0) is 4.79 Å². The highest BCUT2D eigenvalue weighted by Gasteiger charge is 2.37. The van der Waals surface area contributed by atoms with Gasteiger partial charge in [0.25, 0.3) is 0 Å². The molecule has 0 unspecified atom stereocenters. The van der Waals surface area contributed by atoms with Gasteiger partial charge < -0.3 is 16.4 Å². The maximum Gasteiger partial charge on any atom is 0.242 e. The van der Waals surface area contributed by atoms with Crippen LogP contribution in [0.25, 0.3) is 0 Å². The molecule has 1 aromatic rings. The molecule has 98 valence electrons. The molecule has 1 heterocycles. The number of likely N-dealkylation sites (tertiary alicyclic amines) is 1. The lowest BCUT2D eigenvalue weighted by Crippen LogP contribution is -2.50. The molecule has 0 aliphatic carbocycles. The fourth-order valence-corrected chi connectivity index (χ4v) is 2.46. The van der Waals surface area contributed by atoms with Crippen LogP contribution in [0.15, 0.2) is 30.3 Å². The Bertz CT molecular complexity index is 424. The lowest BCUT2D eigenvalue weighted by Gasteiger charge is -2.25. The molecule has 18 heavy (non-hydrogen) atoms. The van der Waals surface area contributed by atoms with Crippen molar-refractivity contribution < 1.29 is 4.79 Å². The van der Waals surface area contributed by atoms with Crippen molar-refractivity contribution in [2.24, 2.45) is 11.5 Å². The van der Waals surface area contributed by atoms with Crippen LogP contribution < -0.4 is 11.5 Å². The Morgan fingerprint density at radius 1 is 1.28 bits per heavy atom. The summed E-state index contributed by atoms with van der Waals surface area (Å²) in [5.41, 5.74) is 12.4. The van der Waals surface area contributed by atoms with Gasteiger partial charge in [0, 0.05) is 25.0 Å². The number of hydrogen-bond donors (Lipinski definition) is 2. The molecule has 2 atom stereocenters. The van der Waals surface area contributed by atoms with Gasteiger partial charge >= 0.3 is 0 Å². The number of benzene rings is 1. The van der Waals surface area contributed by atoms with E-state index in [0.29, 0.717) is 13.1 Å². The fraction of sp³-hybridized carbons (Fsp3) is 0.500. The lowest BCUT2D eigenvalue weighted by molar-refractivity contribution is -0.134. The van der Waals surface area contributed by atoms with Crippen molar-refractivity contribution in [1.29, 1.82) is 0 Å². The first-order chi connectivity index (χ1) is 8.39. The molecule has 1 aliphatic heterocycles. The van der Waals surface area contributed by atoms with Gasteiger partial charge in [-0.2, -0.15) is 0 Å². The van der Waals surface area contributed by atoms with Gasteiger partial charge in [0.05, 0.1) is 5.54 Å². The summed E-state index contributed by atoms with van der Waals surface area (Å²) < 4.78 is 0. The molecule has 2 rings (SSSR count). The van der Waals surface area contributed by atoms with Crippen molar-refractivity contribution in [2.75, 3.05) is 13.1 Å². The topological polar surface area (TPSA) is 72.4 Å². The zero-order valence-corrected chi connectivity index (χ0v) is 11.0. The molecule has 1 fully saturated rings. The summed E-state index contributed by atoms with van der Waals surface area (Å²) in [6.07, 6.45) is 0. The molecule has 0 saturated carbocycles. The number of hydrogen-bond acceptors (Lipinski definition) is 3. The van der Waals surface area contributed by atoms with Gasteiger partial charge in [0.1, 0.15) is 0 Å². The summed E-state index contributed by atoms with van der Waals surface area (Å²) in [6.45, 7) is 4.71. The van der Waals surface area contributed by atoms with Crippen molar-refractivity contribution >= 4 is 5.91 Å². The number of amides is 1. The number of carbonyl (C=O) groups is 1. The highest BCUT2D eigenvalue weighted by molar-refractivity contribution is 5.85. The van der Waals surface area contributed by atoms with Crippen LogP contribution in [0.2, 0.25) is 0 Å². The third-order valence-corrected chi connectivity index (χ3v) is 3.43. The zero-order chi connectivity index (χ0) is 13.3. The lowest BCUT2D eigenvalue weighted by atomic mass is 9.95. The summed E-state index contributed by atoms with van der Waals surface area (Å²) in [7, 11) is 0. The number of carbonyl (C=O) groups excluding carboxylic acids is 1. The molecule has 1 aromatic carbocycles. The molecule has 4 nitrogen and oxygen atoms in total. The molecule has 1 amide bonds. The SMILES string of the molecule is CC(C)(N)C(=O)N1C[C@@H](N)[C@H](c2ccccc2)C1. The van der Waals surface area contributed by atoms with E-state index < -0.39 is 5.54 Å². The third kappa shape index (κ3) is 2.54. The van der Waals surface area contributed by atoms with E-state index in [2.05, 4.69) is 12.1 Å². The van der Waals surface area contributed by atoms with Gasteiger partial charge in [-0.3, -0.25) is 4.79 Å². The summed E-state index contributed by atoms with van der Waals surface area (Å²) in [5, 5.41) is 0. The standard InChI is InChI=1S/C14H21N3O/c1-14(2,16)13(18)17-8-11(12(15)9-17)10-6-4-3-5-7-10/h3-7,11-12H,8-9,15-16H2,1-2H3/t11-,12+/m0/s1. The Morgan fingerprint density at radius 2 is 1.89 bits per heavy atom. The largest absolute Gasteiger partial charge is 0.339 e. The van der Waals surface area contributed by atoms with E-state index in [0.717, 1.165) is 0 Å². The minimum atomic E-state index is -0.828. The quantitative estimate of drug-likeness (QED) is 0.807. The number of nitrogens with two attached hydrogens (primary N) is 2. The molecule has 0 bridgehead atoms. The van der Waals surface area contributed by atoms with Crippen LogP contribution in [0.5, 0.6) is 0 Å². The minimum Gasteiger partial charge on any atom is -0.339 e. The molecule has 1 saturated heterocycles. The smallest absolute Gasteiger partial charge is 0.242 e. The Balaban J connectivity index is 2.13. The minimum absolute atomic E-state index is 0.0151. The first-order valence-corrected chi connectivity index (χ1v) is 6.28. The first kappa shape index (κ1) is 13.1.